The Hall–Kier alpha value is -2.35. The number of aliphatic hydroxyl groups is 1. The lowest BCUT2D eigenvalue weighted by atomic mass is 9.61. The average molecular weight is 352 g/mol. The van der Waals surface area contributed by atoms with Crippen molar-refractivity contribution in [1.29, 1.82) is 0 Å². The molecule has 0 aromatic heterocycles. The Morgan fingerprint density at radius 3 is 2.44 bits per heavy atom. The molecule has 136 valence electrons. The fourth-order valence-electron chi connectivity index (χ4n) is 3.80. The molecule has 4 N–H and O–H groups in total. The van der Waals surface area contributed by atoms with Gasteiger partial charge in [-0.15, -0.1) is 0 Å². The second-order valence-electron chi connectivity index (χ2n) is 6.78. The summed E-state index contributed by atoms with van der Waals surface area (Å²) in [6.07, 6.45) is 0.569. The van der Waals surface area contributed by atoms with Crippen LogP contribution in [0, 0.1) is 5.82 Å². The molecule has 2 bridgehead atoms. The van der Waals surface area contributed by atoms with Gasteiger partial charge in [-0.1, -0.05) is 0 Å². The number of rotatable bonds is 5. The van der Waals surface area contributed by atoms with Gasteiger partial charge in [0.25, 0.3) is 5.91 Å². The fourth-order valence-corrected chi connectivity index (χ4v) is 3.80. The number of nitrogens with two attached hydrogens (primary N) is 1. The number of amides is 2. The number of primary amides is 1. The normalized spacial score (nSPS) is 30.6. The lowest BCUT2D eigenvalue weighted by molar-refractivity contribution is -0.162. The third-order valence-corrected chi connectivity index (χ3v) is 5.14. The smallest absolute Gasteiger partial charge is 0.405 e. The van der Waals surface area contributed by atoms with Crippen LogP contribution in [-0.2, 0) is 9.53 Å². The average Bonchev–Trinajstić information content (AvgIpc) is 2.55. The van der Waals surface area contributed by atoms with E-state index in [1.807, 2.05) is 0 Å². The number of hydrogen-bond acceptors (Lipinski definition) is 5. The number of ether oxygens (including phenoxy) is 2. The molecule has 2 amide bonds. The van der Waals surface area contributed by atoms with Gasteiger partial charge in [-0.05, 0) is 49.9 Å². The Morgan fingerprint density at radius 2 is 1.88 bits per heavy atom. The lowest BCUT2D eigenvalue weighted by Gasteiger charge is -2.54. The second kappa shape index (κ2) is 6.51. The van der Waals surface area contributed by atoms with Gasteiger partial charge in [0.1, 0.15) is 17.2 Å². The molecular weight excluding hydrogens is 331 g/mol. The van der Waals surface area contributed by atoms with E-state index in [2.05, 4.69) is 5.32 Å². The van der Waals surface area contributed by atoms with E-state index >= 15 is 0 Å². The van der Waals surface area contributed by atoms with Gasteiger partial charge in [-0.3, -0.25) is 4.79 Å². The molecule has 3 fully saturated rings. The van der Waals surface area contributed by atoms with Gasteiger partial charge in [0.2, 0.25) is 0 Å². The molecule has 7 nitrogen and oxygen atoms in total. The molecule has 8 heteroatoms. The first-order chi connectivity index (χ1) is 11.8. The highest BCUT2D eigenvalue weighted by atomic mass is 19.1. The van der Waals surface area contributed by atoms with Gasteiger partial charge in [0.05, 0.1) is 6.10 Å². The monoisotopic (exact) mass is 352 g/mol. The van der Waals surface area contributed by atoms with E-state index in [-0.39, 0.29) is 18.3 Å². The van der Waals surface area contributed by atoms with Crippen molar-refractivity contribution in [2.24, 2.45) is 5.73 Å². The number of benzene rings is 1. The predicted octanol–water partition coefficient (Wildman–Crippen LogP) is 1.23. The molecule has 0 spiro atoms. The molecule has 3 aliphatic rings. The first-order valence-electron chi connectivity index (χ1n) is 8.18. The molecule has 1 atom stereocenters. The van der Waals surface area contributed by atoms with Crippen LogP contribution in [0.3, 0.4) is 0 Å². The maximum atomic E-state index is 12.8. The van der Waals surface area contributed by atoms with Gasteiger partial charge >= 0.3 is 6.09 Å². The van der Waals surface area contributed by atoms with Crippen molar-refractivity contribution in [3.8, 4) is 5.75 Å². The standard InChI is InChI=1S/C17H21FN2O5/c18-11-1-3-12(4-2-11)24-10-14(22)20-16-5-7-17(8-6-16,13(21)9-16)25-15(19)23/h1-4,13,21H,5-10H2,(H2,19,23)(H,20,22). The Balaban J connectivity index is 1.55. The molecule has 25 heavy (non-hydrogen) atoms. The summed E-state index contributed by atoms with van der Waals surface area (Å²) in [5.74, 6) is -0.298. The summed E-state index contributed by atoms with van der Waals surface area (Å²) in [7, 11) is 0. The van der Waals surface area contributed by atoms with Gasteiger partial charge in [0, 0.05) is 12.0 Å². The number of fused-ring (bicyclic) bond motifs is 3. The minimum atomic E-state index is -0.942. The third kappa shape index (κ3) is 3.68. The molecule has 0 heterocycles. The number of carbonyl (C=O) groups excluding carboxylic acids is 2. The summed E-state index contributed by atoms with van der Waals surface area (Å²) in [4.78, 5) is 23.3. The van der Waals surface area contributed by atoms with Gasteiger partial charge < -0.3 is 25.6 Å². The summed E-state index contributed by atoms with van der Waals surface area (Å²) >= 11 is 0. The van der Waals surface area contributed by atoms with Crippen LogP contribution >= 0.6 is 0 Å². The molecular formula is C17H21FN2O5. The number of halogens is 1. The zero-order chi connectivity index (χ0) is 18.1. The van der Waals surface area contributed by atoms with Gasteiger partial charge in [-0.25, -0.2) is 9.18 Å². The molecule has 0 saturated heterocycles. The van der Waals surface area contributed by atoms with Crippen molar-refractivity contribution in [1.82, 2.24) is 5.32 Å². The van der Waals surface area contributed by atoms with E-state index in [1.165, 1.54) is 24.3 Å². The Bertz CT molecular complexity index is 656. The van der Waals surface area contributed by atoms with E-state index in [1.54, 1.807) is 0 Å². The maximum absolute atomic E-state index is 12.8. The molecule has 0 radical (unpaired) electrons. The van der Waals surface area contributed by atoms with Crippen LogP contribution in [-0.4, -0.2) is 41.0 Å². The largest absolute Gasteiger partial charge is 0.484 e. The minimum absolute atomic E-state index is 0.202. The summed E-state index contributed by atoms with van der Waals surface area (Å²) in [5.41, 5.74) is 3.62. The van der Waals surface area contributed by atoms with Crippen molar-refractivity contribution in [2.75, 3.05) is 6.61 Å². The molecule has 3 saturated carbocycles. The molecule has 1 unspecified atom stereocenters. The van der Waals surface area contributed by atoms with E-state index in [9.17, 15) is 19.1 Å². The zero-order valence-electron chi connectivity index (χ0n) is 13.7. The van der Waals surface area contributed by atoms with Crippen LogP contribution in [0.1, 0.15) is 32.1 Å². The summed E-state index contributed by atoms with van der Waals surface area (Å²) < 4.78 is 23.3. The highest BCUT2D eigenvalue weighted by molar-refractivity contribution is 5.78. The fraction of sp³-hybridized carbons (Fsp3) is 0.529. The Kier molecular flexibility index (Phi) is 4.55. The van der Waals surface area contributed by atoms with Crippen molar-refractivity contribution in [3.63, 3.8) is 0 Å². The van der Waals surface area contributed by atoms with Gasteiger partial charge in [-0.2, -0.15) is 0 Å². The molecule has 1 aromatic rings. The van der Waals surface area contributed by atoms with Crippen LogP contribution in [0.15, 0.2) is 24.3 Å². The van der Waals surface area contributed by atoms with Crippen molar-refractivity contribution in [2.45, 2.75) is 49.3 Å². The van der Waals surface area contributed by atoms with Crippen LogP contribution in [0.25, 0.3) is 0 Å². The first-order valence-corrected chi connectivity index (χ1v) is 8.18. The SMILES string of the molecule is NC(=O)OC12CCC(NC(=O)COc3ccc(F)cc3)(CC1)CC2O. The summed E-state index contributed by atoms with van der Waals surface area (Å²) in [6.45, 7) is -0.202. The third-order valence-electron chi connectivity index (χ3n) is 5.14. The predicted molar refractivity (Wildman–Crippen MR) is 85.3 cm³/mol. The van der Waals surface area contributed by atoms with E-state index in [4.69, 9.17) is 15.2 Å². The second-order valence-corrected chi connectivity index (χ2v) is 6.78. The topological polar surface area (TPSA) is 111 Å². The summed E-state index contributed by atoms with van der Waals surface area (Å²) in [6, 6.07) is 5.40. The summed E-state index contributed by atoms with van der Waals surface area (Å²) in [5, 5.41) is 13.3. The molecule has 3 aliphatic carbocycles. The number of hydrogen-bond donors (Lipinski definition) is 3. The van der Waals surface area contributed by atoms with Crippen LogP contribution in [0.5, 0.6) is 5.75 Å². The van der Waals surface area contributed by atoms with E-state index in [0.717, 1.165) is 0 Å². The zero-order valence-corrected chi connectivity index (χ0v) is 13.7. The van der Waals surface area contributed by atoms with Crippen LogP contribution in [0.2, 0.25) is 0 Å². The van der Waals surface area contributed by atoms with E-state index in [0.29, 0.717) is 37.9 Å². The maximum Gasteiger partial charge on any atom is 0.405 e. The minimum Gasteiger partial charge on any atom is -0.484 e. The highest BCUT2D eigenvalue weighted by Crippen LogP contribution is 2.48. The van der Waals surface area contributed by atoms with Crippen molar-refractivity contribution < 1.29 is 28.6 Å². The molecule has 1 aromatic carbocycles. The number of nitrogens with one attached hydrogen (secondary N) is 1. The van der Waals surface area contributed by atoms with E-state index < -0.39 is 23.3 Å². The van der Waals surface area contributed by atoms with Gasteiger partial charge in [0.15, 0.2) is 6.61 Å². The van der Waals surface area contributed by atoms with Crippen molar-refractivity contribution in [3.05, 3.63) is 30.1 Å². The van der Waals surface area contributed by atoms with Crippen LogP contribution < -0.4 is 15.8 Å². The highest BCUT2D eigenvalue weighted by Gasteiger charge is 2.56. The van der Waals surface area contributed by atoms with Crippen LogP contribution in [0.4, 0.5) is 9.18 Å². The molecule has 4 rings (SSSR count). The quantitative estimate of drug-likeness (QED) is 0.738. The Morgan fingerprint density at radius 1 is 1.24 bits per heavy atom. The van der Waals surface area contributed by atoms with Crippen molar-refractivity contribution >= 4 is 12.0 Å². The Labute approximate surface area is 144 Å². The number of carbonyl (C=O) groups is 2. The lowest BCUT2D eigenvalue weighted by Crippen LogP contribution is -2.66. The molecule has 0 aliphatic heterocycles. The number of aliphatic hydroxyl groups excluding tert-OH is 1. The first kappa shape index (κ1) is 17.5.